The van der Waals surface area contributed by atoms with Gasteiger partial charge in [0.2, 0.25) is 10.0 Å². The van der Waals surface area contributed by atoms with Crippen LogP contribution in [0.3, 0.4) is 0 Å². The van der Waals surface area contributed by atoms with Gasteiger partial charge in [0.05, 0.1) is 4.99 Å². The molecule has 0 heterocycles. The molecule has 7 heteroatoms. The van der Waals surface area contributed by atoms with E-state index < -0.39 is 10.0 Å². The van der Waals surface area contributed by atoms with Gasteiger partial charge in [-0.3, -0.25) is 4.72 Å². The maximum absolute atomic E-state index is 11.4. The van der Waals surface area contributed by atoms with Crippen LogP contribution in [0.25, 0.3) is 0 Å². The van der Waals surface area contributed by atoms with Crippen LogP contribution < -0.4 is 10.5 Å². The van der Waals surface area contributed by atoms with Crippen LogP contribution in [0.15, 0.2) is 28.7 Å². The molecule has 0 aliphatic heterocycles. The van der Waals surface area contributed by atoms with Crippen LogP contribution in [0.4, 0.5) is 5.69 Å². The molecule has 0 atom stereocenters. The van der Waals surface area contributed by atoms with E-state index in [1.165, 1.54) is 0 Å². The fourth-order valence-electron chi connectivity index (χ4n) is 0.921. The van der Waals surface area contributed by atoms with E-state index in [2.05, 4.69) is 32.9 Å². The standard InChI is InChI=1S/C8H9BrN2O2S2/c9-6-1-3-7(4-2-6)11-15(12,13)5-8(10)14/h1-4,11H,5H2,(H2,10,14). The van der Waals surface area contributed by atoms with Gasteiger partial charge < -0.3 is 5.73 Å². The van der Waals surface area contributed by atoms with Gasteiger partial charge in [-0.1, -0.05) is 28.1 Å². The minimum atomic E-state index is -3.48. The van der Waals surface area contributed by atoms with Crippen molar-refractivity contribution in [3.8, 4) is 0 Å². The predicted octanol–water partition coefficient (Wildman–Crippen LogP) is 1.48. The summed E-state index contributed by atoms with van der Waals surface area (Å²) in [6.45, 7) is 0. The van der Waals surface area contributed by atoms with Crippen LogP contribution in [-0.4, -0.2) is 19.2 Å². The van der Waals surface area contributed by atoms with E-state index in [9.17, 15) is 8.42 Å². The summed E-state index contributed by atoms with van der Waals surface area (Å²) in [6, 6.07) is 6.75. The van der Waals surface area contributed by atoms with Gasteiger partial charge in [0.1, 0.15) is 5.75 Å². The molecule has 1 rings (SSSR count). The Kier molecular flexibility index (Phi) is 4.06. The van der Waals surface area contributed by atoms with Crippen molar-refractivity contribution in [1.82, 2.24) is 0 Å². The SMILES string of the molecule is NC(=S)CS(=O)(=O)Nc1ccc(Br)cc1. The molecule has 0 aliphatic rings. The Morgan fingerprint density at radius 3 is 2.40 bits per heavy atom. The normalized spacial score (nSPS) is 11.0. The highest BCUT2D eigenvalue weighted by Gasteiger charge is 2.11. The van der Waals surface area contributed by atoms with Gasteiger partial charge in [0, 0.05) is 10.2 Å². The Morgan fingerprint density at radius 2 is 1.93 bits per heavy atom. The molecule has 0 saturated heterocycles. The van der Waals surface area contributed by atoms with Crippen molar-refractivity contribution in [2.45, 2.75) is 0 Å². The lowest BCUT2D eigenvalue weighted by molar-refractivity contribution is 0.605. The second-order valence-corrected chi connectivity index (χ2v) is 6.00. The van der Waals surface area contributed by atoms with Crippen LogP contribution in [0.2, 0.25) is 0 Å². The number of nitrogens with two attached hydrogens (primary N) is 1. The Labute approximate surface area is 102 Å². The Hall–Kier alpha value is -0.660. The van der Waals surface area contributed by atoms with Gasteiger partial charge in [-0.15, -0.1) is 0 Å². The lowest BCUT2D eigenvalue weighted by atomic mass is 10.3. The maximum atomic E-state index is 11.4. The molecule has 82 valence electrons. The second kappa shape index (κ2) is 4.91. The number of hydrogen-bond donors (Lipinski definition) is 2. The number of halogens is 1. The van der Waals surface area contributed by atoms with Crippen molar-refractivity contribution >= 4 is 48.8 Å². The van der Waals surface area contributed by atoms with Crippen LogP contribution in [0, 0.1) is 0 Å². The van der Waals surface area contributed by atoms with Gasteiger partial charge in [0.25, 0.3) is 0 Å². The number of anilines is 1. The molecule has 0 spiro atoms. The molecular formula is C8H9BrN2O2S2. The van der Waals surface area contributed by atoms with Gasteiger partial charge in [-0.25, -0.2) is 8.42 Å². The number of nitrogens with one attached hydrogen (secondary N) is 1. The lowest BCUT2D eigenvalue weighted by Crippen LogP contribution is -2.26. The van der Waals surface area contributed by atoms with Crippen LogP contribution in [0.5, 0.6) is 0 Å². The molecule has 15 heavy (non-hydrogen) atoms. The zero-order valence-corrected chi connectivity index (χ0v) is 10.8. The van der Waals surface area contributed by atoms with Crippen LogP contribution >= 0.6 is 28.1 Å². The highest BCUT2D eigenvalue weighted by atomic mass is 79.9. The average Bonchev–Trinajstić information content (AvgIpc) is 2.06. The average molecular weight is 309 g/mol. The molecule has 0 aromatic heterocycles. The fourth-order valence-corrected chi connectivity index (χ4v) is 2.59. The monoisotopic (exact) mass is 308 g/mol. The molecule has 3 N–H and O–H groups in total. The molecule has 0 bridgehead atoms. The summed E-state index contributed by atoms with van der Waals surface area (Å²) in [4.78, 5) is -0.0559. The summed E-state index contributed by atoms with van der Waals surface area (Å²) < 4.78 is 26.0. The minimum absolute atomic E-state index is 0.0559. The van der Waals surface area contributed by atoms with Crippen molar-refractivity contribution in [2.24, 2.45) is 5.73 Å². The Morgan fingerprint density at radius 1 is 1.40 bits per heavy atom. The van der Waals surface area contributed by atoms with E-state index in [0.717, 1.165) is 4.47 Å². The van der Waals surface area contributed by atoms with Gasteiger partial charge >= 0.3 is 0 Å². The quantitative estimate of drug-likeness (QED) is 0.826. The minimum Gasteiger partial charge on any atom is -0.392 e. The van der Waals surface area contributed by atoms with E-state index >= 15 is 0 Å². The zero-order valence-electron chi connectivity index (χ0n) is 7.60. The largest absolute Gasteiger partial charge is 0.392 e. The van der Waals surface area contributed by atoms with Crippen molar-refractivity contribution in [3.63, 3.8) is 0 Å². The lowest BCUT2D eigenvalue weighted by Gasteiger charge is -2.06. The van der Waals surface area contributed by atoms with Crippen molar-refractivity contribution in [3.05, 3.63) is 28.7 Å². The van der Waals surface area contributed by atoms with Crippen molar-refractivity contribution in [1.29, 1.82) is 0 Å². The third-order valence-corrected chi connectivity index (χ3v) is 3.54. The molecule has 0 aliphatic carbocycles. The van der Waals surface area contributed by atoms with E-state index in [-0.39, 0.29) is 10.7 Å². The first-order valence-electron chi connectivity index (χ1n) is 3.93. The van der Waals surface area contributed by atoms with Crippen LogP contribution in [0.1, 0.15) is 0 Å². The van der Waals surface area contributed by atoms with Gasteiger partial charge in [-0.2, -0.15) is 0 Å². The van der Waals surface area contributed by atoms with Gasteiger partial charge in [-0.05, 0) is 24.3 Å². The molecule has 4 nitrogen and oxygen atoms in total. The van der Waals surface area contributed by atoms with E-state index in [4.69, 9.17) is 5.73 Å². The predicted molar refractivity (Wildman–Crippen MR) is 68.3 cm³/mol. The number of hydrogen-bond acceptors (Lipinski definition) is 3. The summed E-state index contributed by atoms with van der Waals surface area (Å²) in [7, 11) is -3.48. The van der Waals surface area contributed by atoms with E-state index in [1.54, 1.807) is 24.3 Å². The molecule has 0 amide bonds. The zero-order chi connectivity index (χ0) is 11.5. The second-order valence-electron chi connectivity index (χ2n) is 2.83. The van der Waals surface area contributed by atoms with E-state index in [0.29, 0.717) is 5.69 Å². The summed E-state index contributed by atoms with van der Waals surface area (Å²) in [6.07, 6.45) is 0. The Bertz CT molecular complexity index is 456. The summed E-state index contributed by atoms with van der Waals surface area (Å²) in [5.41, 5.74) is 5.64. The van der Waals surface area contributed by atoms with Crippen LogP contribution in [-0.2, 0) is 10.0 Å². The third-order valence-electron chi connectivity index (χ3n) is 1.45. The first-order valence-corrected chi connectivity index (χ1v) is 6.79. The summed E-state index contributed by atoms with van der Waals surface area (Å²) in [5, 5.41) is 0. The molecule has 0 radical (unpaired) electrons. The third kappa shape index (κ3) is 4.59. The van der Waals surface area contributed by atoms with Crippen molar-refractivity contribution in [2.75, 3.05) is 10.5 Å². The molecule has 1 aromatic rings. The first kappa shape index (κ1) is 12.4. The number of sulfonamides is 1. The molecule has 0 unspecified atom stereocenters. The molecular weight excluding hydrogens is 300 g/mol. The topological polar surface area (TPSA) is 72.2 Å². The maximum Gasteiger partial charge on any atom is 0.239 e. The first-order chi connectivity index (χ1) is 6.89. The Balaban J connectivity index is 2.78. The smallest absolute Gasteiger partial charge is 0.239 e. The number of thiocarbonyl (C=S) groups is 1. The van der Waals surface area contributed by atoms with Gasteiger partial charge in [0.15, 0.2) is 0 Å². The molecule has 0 saturated carbocycles. The highest BCUT2D eigenvalue weighted by molar-refractivity contribution is 9.10. The summed E-state index contributed by atoms with van der Waals surface area (Å²) in [5.74, 6) is -0.349. The fraction of sp³-hybridized carbons (Fsp3) is 0.125. The van der Waals surface area contributed by atoms with Crippen molar-refractivity contribution < 1.29 is 8.42 Å². The van der Waals surface area contributed by atoms with E-state index in [1.807, 2.05) is 0 Å². The molecule has 1 aromatic carbocycles. The number of benzene rings is 1. The summed E-state index contributed by atoms with van der Waals surface area (Å²) >= 11 is 7.78. The molecule has 0 fully saturated rings. The number of rotatable bonds is 4. The highest BCUT2D eigenvalue weighted by Crippen LogP contribution is 2.15.